The first-order valence-electron chi connectivity index (χ1n) is 6.52. The first-order valence-corrected chi connectivity index (χ1v) is 6.90. The van der Waals surface area contributed by atoms with Crippen molar-refractivity contribution in [1.29, 1.82) is 0 Å². The highest BCUT2D eigenvalue weighted by Crippen LogP contribution is 2.44. The van der Waals surface area contributed by atoms with Crippen LogP contribution in [0.5, 0.6) is 0 Å². The molecule has 2 unspecified atom stereocenters. The van der Waals surface area contributed by atoms with Crippen LogP contribution in [0.4, 0.5) is 4.39 Å². The summed E-state index contributed by atoms with van der Waals surface area (Å²) >= 11 is 6.52. The largest absolute Gasteiger partial charge is 0.365 e. The molecule has 2 aliphatic heterocycles. The second-order valence-electron chi connectivity index (χ2n) is 5.21. The van der Waals surface area contributed by atoms with E-state index in [1.165, 1.54) is 12.2 Å². The molecule has 4 aliphatic rings. The van der Waals surface area contributed by atoms with Crippen molar-refractivity contribution in [3.63, 3.8) is 0 Å². The van der Waals surface area contributed by atoms with Crippen LogP contribution >= 0.6 is 11.6 Å². The average molecular weight is 287 g/mol. The third kappa shape index (κ3) is 1.47. The number of likely N-dealkylation sites (N-methyl/N-ethyl adjacent to an activating group) is 1. The van der Waals surface area contributed by atoms with Gasteiger partial charge in [0, 0.05) is 7.05 Å². The fourth-order valence-corrected chi connectivity index (χ4v) is 3.45. The fraction of sp³-hybridized carbons (Fsp3) is 0.188. The summed E-state index contributed by atoms with van der Waals surface area (Å²) in [6.45, 7) is 0. The number of rotatable bonds is 0. The summed E-state index contributed by atoms with van der Waals surface area (Å²) in [4.78, 5) is 6.72. The number of nitrogens with zero attached hydrogens (tertiary/aromatic N) is 2. The molecule has 100 valence electrons. The highest BCUT2D eigenvalue weighted by atomic mass is 35.5. The predicted molar refractivity (Wildman–Crippen MR) is 79.0 cm³/mol. The number of allylic oxidation sites excluding steroid dienone is 7. The molecule has 0 aromatic rings. The molecule has 0 amide bonds. The number of hydrogen-bond donors (Lipinski definition) is 0. The van der Waals surface area contributed by atoms with E-state index in [-0.39, 0.29) is 17.8 Å². The van der Waals surface area contributed by atoms with Crippen molar-refractivity contribution in [3.05, 3.63) is 70.4 Å². The summed E-state index contributed by atoms with van der Waals surface area (Å²) in [5.74, 6) is -0.257. The Kier molecular flexibility index (Phi) is 2.42. The molecule has 0 saturated carbocycles. The van der Waals surface area contributed by atoms with Crippen LogP contribution in [0, 0.1) is 5.92 Å². The second-order valence-corrected chi connectivity index (χ2v) is 5.58. The van der Waals surface area contributed by atoms with Crippen molar-refractivity contribution < 1.29 is 4.39 Å². The molecule has 4 heteroatoms. The molecule has 0 fully saturated rings. The molecule has 20 heavy (non-hydrogen) atoms. The molecule has 0 radical (unpaired) electrons. The lowest BCUT2D eigenvalue weighted by Gasteiger charge is -2.37. The highest BCUT2D eigenvalue weighted by Gasteiger charge is 2.39. The minimum Gasteiger partial charge on any atom is -0.365 e. The number of halogens is 2. The molecule has 2 heterocycles. The van der Waals surface area contributed by atoms with E-state index in [9.17, 15) is 4.39 Å². The minimum atomic E-state index is -0.261. The molecule has 0 spiro atoms. The van der Waals surface area contributed by atoms with Gasteiger partial charge < -0.3 is 4.90 Å². The zero-order valence-corrected chi connectivity index (χ0v) is 11.6. The standard InChI is InChI=1S/C16H12ClFN2/c1-20-13-5-3-2-4-11(13)14(17)15-16(20)10-7-6-9(18)8-12(10)19-15/h2-8,10,13H,1H3. The van der Waals surface area contributed by atoms with E-state index < -0.39 is 0 Å². The topological polar surface area (TPSA) is 15.6 Å². The van der Waals surface area contributed by atoms with Gasteiger partial charge in [-0.25, -0.2) is 9.38 Å². The van der Waals surface area contributed by atoms with Crippen molar-refractivity contribution in [2.45, 2.75) is 6.04 Å². The lowest BCUT2D eigenvalue weighted by molar-refractivity contribution is 0.363. The maximum Gasteiger partial charge on any atom is 0.124 e. The number of fused-ring (bicyclic) bond motifs is 3. The van der Waals surface area contributed by atoms with Crippen LogP contribution in [-0.4, -0.2) is 23.7 Å². The number of aliphatic imine (C=N–C) groups is 1. The Morgan fingerprint density at radius 1 is 1.25 bits per heavy atom. The Morgan fingerprint density at radius 2 is 2.10 bits per heavy atom. The van der Waals surface area contributed by atoms with E-state index in [4.69, 9.17) is 11.6 Å². The molecule has 0 aromatic carbocycles. The smallest absolute Gasteiger partial charge is 0.124 e. The monoisotopic (exact) mass is 286 g/mol. The van der Waals surface area contributed by atoms with Gasteiger partial charge in [-0.05, 0) is 17.7 Å². The van der Waals surface area contributed by atoms with Gasteiger partial charge in [-0.3, -0.25) is 0 Å². The van der Waals surface area contributed by atoms with Crippen LogP contribution in [0.15, 0.2) is 75.4 Å². The van der Waals surface area contributed by atoms with E-state index >= 15 is 0 Å². The van der Waals surface area contributed by atoms with E-state index in [1.54, 1.807) is 0 Å². The van der Waals surface area contributed by atoms with Gasteiger partial charge in [0.15, 0.2) is 0 Å². The summed E-state index contributed by atoms with van der Waals surface area (Å²) in [6.07, 6.45) is 13.0. The molecule has 0 aromatic heterocycles. The van der Waals surface area contributed by atoms with Crippen molar-refractivity contribution in [3.8, 4) is 0 Å². The van der Waals surface area contributed by atoms with Crippen molar-refractivity contribution >= 4 is 17.3 Å². The summed E-state index contributed by atoms with van der Waals surface area (Å²) in [6, 6.07) is 0.130. The first-order chi connectivity index (χ1) is 9.66. The van der Waals surface area contributed by atoms with Gasteiger partial charge in [-0.1, -0.05) is 42.0 Å². The molecule has 2 aliphatic carbocycles. The first kappa shape index (κ1) is 11.9. The molecular formula is C16H12ClFN2. The summed E-state index contributed by atoms with van der Waals surface area (Å²) in [5.41, 5.74) is 3.61. The third-order valence-corrected chi connectivity index (χ3v) is 4.49. The maximum absolute atomic E-state index is 13.4. The summed E-state index contributed by atoms with van der Waals surface area (Å²) in [5, 5.41) is 0.674. The van der Waals surface area contributed by atoms with Crippen molar-refractivity contribution in [2.75, 3.05) is 7.05 Å². The highest BCUT2D eigenvalue weighted by molar-refractivity contribution is 6.33. The lowest BCUT2D eigenvalue weighted by Crippen LogP contribution is -2.37. The Hall–Kier alpha value is -1.87. The Bertz CT molecular complexity index is 719. The van der Waals surface area contributed by atoms with Crippen molar-refractivity contribution in [2.24, 2.45) is 10.9 Å². The van der Waals surface area contributed by atoms with Gasteiger partial charge in [-0.15, -0.1) is 0 Å². The van der Waals surface area contributed by atoms with Crippen molar-refractivity contribution in [1.82, 2.24) is 4.90 Å². The average Bonchev–Trinajstić information content (AvgIpc) is 2.83. The minimum absolute atomic E-state index is 0.00380. The van der Waals surface area contributed by atoms with E-state index in [0.717, 1.165) is 22.7 Å². The van der Waals surface area contributed by atoms with Gasteiger partial charge in [0.2, 0.25) is 0 Å². The van der Waals surface area contributed by atoms with E-state index in [2.05, 4.69) is 16.0 Å². The Labute approximate surface area is 121 Å². The van der Waals surface area contributed by atoms with Gasteiger partial charge in [0.05, 0.1) is 28.4 Å². The van der Waals surface area contributed by atoms with Gasteiger partial charge in [0.1, 0.15) is 11.5 Å². The van der Waals surface area contributed by atoms with E-state index in [0.29, 0.717) is 5.03 Å². The quantitative estimate of drug-likeness (QED) is 0.664. The van der Waals surface area contributed by atoms with Gasteiger partial charge >= 0.3 is 0 Å². The predicted octanol–water partition coefficient (Wildman–Crippen LogP) is 3.62. The molecular weight excluding hydrogens is 275 g/mol. The van der Waals surface area contributed by atoms with Crippen LogP contribution in [0.3, 0.4) is 0 Å². The molecule has 0 bridgehead atoms. The SMILES string of the molecule is CN1C2=C(N=C3C=C(F)C=CC32)C(Cl)=C2C=CC=CC21. The lowest BCUT2D eigenvalue weighted by atomic mass is 9.89. The van der Waals surface area contributed by atoms with Crippen LogP contribution in [0.25, 0.3) is 0 Å². The van der Waals surface area contributed by atoms with Crippen LogP contribution < -0.4 is 0 Å². The second kappa shape index (κ2) is 4.06. The van der Waals surface area contributed by atoms with Crippen LogP contribution in [0.1, 0.15) is 0 Å². The molecule has 0 N–H and O–H groups in total. The fourth-order valence-electron chi connectivity index (χ4n) is 3.14. The Morgan fingerprint density at radius 3 is 2.95 bits per heavy atom. The molecule has 2 atom stereocenters. The zero-order valence-electron chi connectivity index (χ0n) is 10.8. The molecule has 4 rings (SSSR count). The normalized spacial score (nSPS) is 30.2. The summed E-state index contributed by atoms with van der Waals surface area (Å²) in [7, 11) is 2.04. The third-order valence-electron chi connectivity index (χ3n) is 4.09. The zero-order chi connectivity index (χ0) is 13.9. The summed E-state index contributed by atoms with van der Waals surface area (Å²) < 4.78 is 13.4. The molecule has 2 nitrogen and oxygen atoms in total. The van der Waals surface area contributed by atoms with E-state index in [1.807, 2.05) is 31.4 Å². The van der Waals surface area contributed by atoms with Gasteiger partial charge in [0.25, 0.3) is 0 Å². The maximum atomic E-state index is 13.4. The number of hydrogen-bond acceptors (Lipinski definition) is 2. The van der Waals surface area contributed by atoms with Crippen LogP contribution in [-0.2, 0) is 0 Å². The van der Waals surface area contributed by atoms with Crippen LogP contribution in [0.2, 0.25) is 0 Å². The Balaban J connectivity index is 1.89. The van der Waals surface area contributed by atoms with Gasteiger partial charge in [-0.2, -0.15) is 0 Å². The molecule has 0 saturated heterocycles.